The average molecular weight is 205 g/mol. The smallest absolute Gasteiger partial charge is 0.188 e. The highest BCUT2D eigenvalue weighted by molar-refractivity contribution is 5.77. The van der Waals surface area contributed by atoms with Gasteiger partial charge in [-0.3, -0.25) is 4.99 Å². The summed E-state index contributed by atoms with van der Waals surface area (Å²) in [6.07, 6.45) is 0. The molecule has 3 heteroatoms. The van der Waals surface area contributed by atoms with Gasteiger partial charge in [-0.25, -0.2) is 0 Å². The van der Waals surface area contributed by atoms with Crippen LogP contribution in [0, 0.1) is 0 Å². The topological polar surface area (TPSA) is 50.4 Å². The molecule has 1 aromatic rings. The zero-order valence-electron chi connectivity index (χ0n) is 9.62. The fraction of sp³-hybridized carbons (Fsp3) is 0.417. The molecule has 0 unspecified atom stereocenters. The number of nitrogens with two attached hydrogens (primary N) is 1. The number of nitrogens with one attached hydrogen (secondary N) is 1. The lowest BCUT2D eigenvalue weighted by Gasteiger charge is -2.25. The Labute approximate surface area is 91.4 Å². The van der Waals surface area contributed by atoms with Crippen LogP contribution in [0.25, 0.3) is 0 Å². The molecule has 0 saturated heterocycles. The van der Waals surface area contributed by atoms with Crippen LogP contribution >= 0.6 is 0 Å². The van der Waals surface area contributed by atoms with Crippen LogP contribution in [0.5, 0.6) is 0 Å². The molecular weight excluding hydrogens is 186 g/mol. The number of rotatable bonds is 3. The fourth-order valence-corrected chi connectivity index (χ4v) is 1.38. The van der Waals surface area contributed by atoms with Gasteiger partial charge in [0, 0.05) is 19.0 Å². The lowest BCUT2D eigenvalue weighted by atomic mass is 9.85. The molecule has 0 radical (unpaired) electrons. The normalized spacial score (nSPS) is 12.6. The van der Waals surface area contributed by atoms with Crippen molar-refractivity contribution in [3.63, 3.8) is 0 Å². The third-order valence-corrected chi connectivity index (χ3v) is 2.51. The van der Waals surface area contributed by atoms with Gasteiger partial charge in [0.05, 0.1) is 0 Å². The summed E-state index contributed by atoms with van der Waals surface area (Å²) in [5.41, 5.74) is 6.94. The minimum absolute atomic E-state index is 0.0522. The lowest BCUT2D eigenvalue weighted by Crippen LogP contribution is -2.40. The first kappa shape index (κ1) is 11.6. The number of hydrogen-bond donors (Lipinski definition) is 2. The second kappa shape index (κ2) is 4.82. The second-order valence-electron chi connectivity index (χ2n) is 4.21. The molecule has 0 bridgehead atoms. The van der Waals surface area contributed by atoms with Crippen molar-refractivity contribution in [3.05, 3.63) is 35.9 Å². The molecule has 0 amide bonds. The molecule has 0 heterocycles. The van der Waals surface area contributed by atoms with E-state index >= 15 is 0 Å². The summed E-state index contributed by atoms with van der Waals surface area (Å²) in [5.74, 6) is 0.485. The van der Waals surface area contributed by atoms with Gasteiger partial charge in [0.15, 0.2) is 5.96 Å². The summed E-state index contributed by atoms with van der Waals surface area (Å²) in [6.45, 7) is 5.14. The van der Waals surface area contributed by atoms with Crippen LogP contribution in [0.1, 0.15) is 19.4 Å². The highest BCUT2D eigenvalue weighted by Crippen LogP contribution is 2.21. The summed E-state index contributed by atoms with van der Waals surface area (Å²) in [7, 11) is 1.68. The van der Waals surface area contributed by atoms with Crippen molar-refractivity contribution in [1.29, 1.82) is 0 Å². The van der Waals surface area contributed by atoms with Crippen LogP contribution in [-0.4, -0.2) is 19.6 Å². The van der Waals surface area contributed by atoms with Gasteiger partial charge >= 0.3 is 0 Å². The molecule has 0 aliphatic rings. The van der Waals surface area contributed by atoms with Gasteiger partial charge in [0.1, 0.15) is 0 Å². The first-order valence-electron chi connectivity index (χ1n) is 5.08. The van der Waals surface area contributed by atoms with E-state index in [1.54, 1.807) is 7.05 Å². The van der Waals surface area contributed by atoms with Crippen molar-refractivity contribution in [1.82, 2.24) is 5.32 Å². The Morgan fingerprint density at radius 1 is 1.33 bits per heavy atom. The zero-order valence-corrected chi connectivity index (χ0v) is 9.62. The molecule has 0 saturated carbocycles. The summed E-state index contributed by atoms with van der Waals surface area (Å²) in [6, 6.07) is 10.4. The Morgan fingerprint density at radius 2 is 1.93 bits per heavy atom. The first-order chi connectivity index (χ1) is 7.06. The largest absolute Gasteiger partial charge is 0.370 e. The number of hydrogen-bond acceptors (Lipinski definition) is 1. The van der Waals surface area contributed by atoms with E-state index in [0.717, 1.165) is 6.54 Å². The predicted molar refractivity (Wildman–Crippen MR) is 65.0 cm³/mol. The van der Waals surface area contributed by atoms with Crippen molar-refractivity contribution >= 4 is 5.96 Å². The minimum Gasteiger partial charge on any atom is -0.370 e. The van der Waals surface area contributed by atoms with Crippen LogP contribution < -0.4 is 11.1 Å². The van der Waals surface area contributed by atoms with Crippen molar-refractivity contribution in [2.75, 3.05) is 13.6 Å². The van der Waals surface area contributed by atoms with Crippen LogP contribution in [-0.2, 0) is 5.41 Å². The maximum absolute atomic E-state index is 5.60. The quantitative estimate of drug-likeness (QED) is 0.580. The maximum Gasteiger partial charge on any atom is 0.188 e. The van der Waals surface area contributed by atoms with Gasteiger partial charge < -0.3 is 11.1 Å². The molecule has 0 atom stereocenters. The van der Waals surface area contributed by atoms with Gasteiger partial charge in [-0.2, -0.15) is 0 Å². The standard InChI is InChI=1S/C12H19N3/c1-12(2,9-15-11(13)14-3)10-7-5-4-6-8-10/h4-8H,9H2,1-3H3,(H3,13,14,15). The van der Waals surface area contributed by atoms with E-state index in [0.29, 0.717) is 5.96 Å². The monoisotopic (exact) mass is 205 g/mol. The van der Waals surface area contributed by atoms with E-state index in [1.165, 1.54) is 5.56 Å². The highest BCUT2D eigenvalue weighted by atomic mass is 15.1. The Balaban J connectivity index is 2.68. The number of aliphatic imine (C=N–C) groups is 1. The average Bonchev–Trinajstić information content (AvgIpc) is 2.27. The van der Waals surface area contributed by atoms with Gasteiger partial charge in [0.25, 0.3) is 0 Å². The summed E-state index contributed by atoms with van der Waals surface area (Å²) < 4.78 is 0. The van der Waals surface area contributed by atoms with Crippen LogP contribution in [0.3, 0.4) is 0 Å². The molecule has 1 rings (SSSR count). The highest BCUT2D eigenvalue weighted by Gasteiger charge is 2.19. The summed E-state index contributed by atoms with van der Waals surface area (Å²) in [4.78, 5) is 3.87. The van der Waals surface area contributed by atoms with Crippen molar-refractivity contribution < 1.29 is 0 Å². The minimum atomic E-state index is 0.0522. The van der Waals surface area contributed by atoms with Crippen LogP contribution in [0.2, 0.25) is 0 Å². The van der Waals surface area contributed by atoms with Gasteiger partial charge in [-0.15, -0.1) is 0 Å². The fourth-order valence-electron chi connectivity index (χ4n) is 1.38. The summed E-state index contributed by atoms with van der Waals surface area (Å²) in [5, 5.41) is 3.10. The van der Waals surface area contributed by atoms with E-state index in [-0.39, 0.29) is 5.41 Å². The third-order valence-electron chi connectivity index (χ3n) is 2.51. The van der Waals surface area contributed by atoms with E-state index in [1.807, 2.05) is 18.2 Å². The molecule has 0 aliphatic carbocycles. The first-order valence-corrected chi connectivity index (χ1v) is 5.08. The molecule has 1 aromatic carbocycles. The number of benzene rings is 1. The SMILES string of the molecule is CN=C(N)NCC(C)(C)c1ccccc1. The molecular formula is C12H19N3. The molecule has 3 nitrogen and oxygen atoms in total. The molecule has 0 spiro atoms. The van der Waals surface area contributed by atoms with Crippen LogP contribution in [0.15, 0.2) is 35.3 Å². The molecule has 3 N–H and O–H groups in total. The number of nitrogens with zero attached hydrogens (tertiary/aromatic N) is 1. The third kappa shape index (κ3) is 3.27. The van der Waals surface area contributed by atoms with Gasteiger partial charge in [0.2, 0.25) is 0 Å². The molecule has 15 heavy (non-hydrogen) atoms. The lowest BCUT2D eigenvalue weighted by molar-refractivity contribution is 0.512. The predicted octanol–water partition coefficient (Wildman–Crippen LogP) is 1.50. The Morgan fingerprint density at radius 3 is 2.47 bits per heavy atom. The second-order valence-corrected chi connectivity index (χ2v) is 4.21. The van der Waals surface area contributed by atoms with Crippen molar-refractivity contribution in [3.8, 4) is 0 Å². The molecule has 0 aliphatic heterocycles. The van der Waals surface area contributed by atoms with E-state index in [4.69, 9.17) is 5.73 Å². The molecule has 82 valence electrons. The van der Waals surface area contributed by atoms with Gasteiger partial charge in [-0.1, -0.05) is 44.2 Å². The zero-order chi connectivity index (χ0) is 11.3. The van der Waals surface area contributed by atoms with E-state index < -0.39 is 0 Å². The number of guanidine groups is 1. The van der Waals surface area contributed by atoms with Crippen molar-refractivity contribution in [2.24, 2.45) is 10.7 Å². The summed E-state index contributed by atoms with van der Waals surface area (Å²) >= 11 is 0. The molecule has 0 aromatic heterocycles. The molecule has 0 fully saturated rings. The van der Waals surface area contributed by atoms with Crippen LogP contribution in [0.4, 0.5) is 0 Å². The van der Waals surface area contributed by atoms with E-state index in [2.05, 4.69) is 36.3 Å². The van der Waals surface area contributed by atoms with Gasteiger partial charge in [-0.05, 0) is 5.56 Å². The maximum atomic E-state index is 5.60. The van der Waals surface area contributed by atoms with E-state index in [9.17, 15) is 0 Å². The van der Waals surface area contributed by atoms with Crippen molar-refractivity contribution in [2.45, 2.75) is 19.3 Å². The Hall–Kier alpha value is -1.51. The Bertz CT molecular complexity index is 328. The Kier molecular flexibility index (Phi) is 3.72.